The third-order valence-corrected chi connectivity index (χ3v) is 6.31. The predicted molar refractivity (Wildman–Crippen MR) is 130 cm³/mol. The van der Waals surface area contributed by atoms with Gasteiger partial charge in [0.15, 0.2) is 5.69 Å². The van der Waals surface area contributed by atoms with Crippen LogP contribution in [-0.2, 0) is 13.6 Å². The second-order valence-electron chi connectivity index (χ2n) is 8.37. The molecule has 4 rings (SSSR count). The number of nitrogens with one attached hydrogen (secondary N) is 1. The Kier molecular flexibility index (Phi) is 6.69. The summed E-state index contributed by atoms with van der Waals surface area (Å²) in [6.45, 7) is 6.46. The minimum absolute atomic E-state index is 0.250. The van der Waals surface area contributed by atoms with Gasteiger partial charge in [0.1, 0.15) is 17.8 Å². The Morgan fingerprint density at radius 2 is 2.03 bits per heavy atom. The van der Waals surface area contributed by atoms with Gasteiger partial charge >= 0.3 is 0 Å². The summed E-state index contributed by atoms with van der Waals surface area (Å²) in [6.07, 6.45) is 4.25. The van der Waals surface area contributed by atoms with E-state index in [1.165, 1.54) is 24.1 Å². The highest BCUT2D eigenvalue weighted by Crippen LogP contribution is 2.40. The lowest BCUT2D eigenvalue weighted by Gasteiger charge is -2.27. The monoisotopic (exact) mass is 487 g/mol. The first-order valence-electron chi connectivity index (χ1n) is 11.3. The van der Waals surface area contributed by atoms with Crippen molar-refractivity contribution in [2.75, 3.05) is 5.32 Å². The fourth-order valence-electron chi connectivity index (χ4n) is 4.44. The van der Waals surface area contributed by atoms with E-state index in [-0.39, 0.29) is 11.5 Å². The maximum atomic E-state index is 13.0. The van der Waals surface area contributed by atoms with Crippen molar-refractivity contribution in [3.63, 3.8) is 0 Å². The number of aryl methyl sites for hydroxylation is 1. The molecule has 3 heterocycles. The van der Waals surface area contributed by atoms with Gasteiger partial charge in [0.05, 0.1) is 24.0 Å². The maximum Gasteiger partial charge on any atom is 0.296 e. The van der Waals surface area contributed by atoms with E-state index in [9.17, 15) is 20.0 Å². The van der Waals surface area contributed by atoms with Crippen LogP contribution in [0.2, 0.25) is 0 Å². The number of hydrogen-bond acceptors (Lipinski definition) is 8. The van der Waals surface area contributed by atoms with Crippen molar-refractivity contribution in [2.45, 2.75) is 39.2 Å². The topological polar surface area (TPSA) is 152 Å². The zero-order chi connectivity index (χ0) is 26.0. The van der Waals surface area contributed by atoms with Crippen LogP contribution < -0.4 is 10.9 Å². The molecule has 0 unspecified atom stereocenters. The van der Waals surface area contributed by atoms with Crippen molar-refractivity contribution in [2.24, 2.45) is 7.05 Å². The molecule has 0 fully saturated rings. The first kappa shape index (κ1) is 24.4. The van der Waals surface area contributed by atoms with E-state index in [4.69, 9.17) is 4.52 Å². The molecule has 4 aromatic rings. The number of benzene rings is 1. The number of nitrogens with zero attached hydrogens (tertiary/aromatic N) is 6. The molecule has 36 heavy (non-hydrogen) atoms. The summed E-state index contributed by atoms with van der Waals surface area (Å²) in [5.74, 6) is -2.21. The van der Waals surface area contributed by atoms with Crippen LogP contribution in [0.5, 0.6) is 5.75 Å². The molecule has 0 saturated heterocycles. The molecule has 11 nitrogen and oxygen atoms in total. The SMILES string of the molecule is CCn1ncc([C@@H](c2ccccc2C#N)[C@H](C)c2nc(C(=O)Nc3cnoc3)c(O)c(=O)n2C)c1C. The summed E-state index contributed by atoms with van der Waals surface area (Å²) >= 11 is 0. The van der Waals surface area contributed by atoms with E-state index in [0.717, 1.165) is 16.8 Å². The van der Waals surface area contributed by atoms with Gasteiger partial charge in [-0.15, -0.1) is 0 Å². The lowest BCUT2D eigenvalue weighted by Crippen LogP contribution is -2.29. The maximum absolute atomic E-state index is 13.0. The molecule has 0 aliphatic carbocycles. The van der Waals surface area contributed by atoms with Gasteiger partial charge < -0.3 is 14.9 Å². The standard InChI is InChI=1S/C25H25N7O4/c1-5-32-15(3)19(12-27-32)20(18-9-7-6-8-16(18)10-26)14(2)23-30-21(22(33)25(35)31(23)4)24(34)29-17-11-28-36-13-17/h6-9,11-14,20,33H,5H2,1-4H3,(H,29,34)/t14-,20+/m0/s1. The summed E-state index contributed by atoms with van der Waals surface area (Å²) in [6, 6.07) is 9.47. The number of hydrogen-bond donors (Lipinski definition) is 2. The van der Waals surface area contributed by atoms with E-state index in [1.54, 1.807) is 18.3 Å². The zero-order valence-electron chi connectivity index (χ0n) is 20.3. The lowest BCUT2D eigenvalue weighted by molar-refractivity contribution is 0.101. The first-order chi connectivity index (χ1) is 17.3. The number of aromatic hydroxyl groups is 1. The van der Waals surface area contributed by atoms with Crippen LogP contribution >= 0.6 is 0 Å². The van der Waals surface area contributed by atoms with Crippen LogP contribution in [0, 0.1) is 18.3 Å². The minimum atomic E-state index is -0.786. The first-order valence-corrected chi connectivity index (χ1v) is 11.3. The second kappa shape index (κ2) is 9.87. The van der Waals surface area contributed by atoms with Gasteiger partial charge in [-0.25, -0.2) is 4.98 Å². The fraction of sp³-hybridized carbons (Fsp3) is 0.280. The third-order valence-electron chi connectivity index (χ3n) is 6.31. The number of anilines is 1. The van der Waals surface area contributed by atoms with Gasteiger partial charge in [0.2, 0.25) is 5.75 Å². The van der Waals surface area contributed by atoms with Crippen LogP contribution in [0.25, 0.3) is 0 Å². The van der Waals surface area contributed by atoms with Gasteiger partial charge in [-0.2, -0.15) is 10.4 Å². The highest BCUT2D eigenvalue weighted by Gasteiger charge is 2.32. The van der Waals surface area contributed by atoms with Crippen molar-refractivity contribution in [3.8, 4) is 11.8 Å². The number of nitriles is 1. The van der Waals surface area contributed by atoms with Crippen LogP contribution in [0.3, 0.4) is 0 Å². The molecule has 2 atom stereocenters. The number of carbonyl (C=O) groups excluding carboxylic acids is 1. The smallest absolute Gasteiger partial charge is 0.296 e. The average Bonchev–Trinajstić information content (AvgIpc) is 3.52. The van der Waals surface area contributed by atoms with E-state index in [1.807, 2.05) is 37.6 Å². The van der Waals surface area contributed by atoms with Gasteiger partial charge in [-0.3, -0.25) is 18.8 Å². The molecular formula is C25H25N7O4. The van der Waals surface area contributed by atoms with Crippen LogP contribution in [0.15, 0.2) is 52.2 Å². The highest BCUT2D eigenvalue weighted by molar-refractivity contribution is 6.04. The molecule has 11 heteroatoms. The fourth-order valence-corrected chi connectivity index (χ4v) is 4.44. The van der Waals surface area contributed by atoms with E-state index in [2.05, 4.69) is 26.6 Å². The number of carbonyl (C=O) groups is 1. The Bertz CT molecular complexity index is 1510. The largest absolute Gasteiger partial charge is 0.501 e. The Balaban J connectivity index is 1.89. The van der Waals surface area contributed by atoms with E-state index < -0.39 is 34.7 Å². The summed E-state index contributed by atoms with van der Waals surface area (Å²) in [5.41, 5.74) is 2.06. The number of aromatic nitrogens is 5. The number of rotatable bonds is 7. The van der Waals surface area contributed by atoms with Crippen molar-refractivity contribution in [1.29, 1.82) is 5.26 Å². The molecule has 184 valence electrons. The number of amides is 1. The second-order valence-corrected chi connectivity index (χ2v) is 8.37. The van der Waals surface area contributed by atoms with Gasteiger partial charge in [-0.1, -0.05) is 30.3 Å². The minimum Gasteiger partial charge on any atom is -0.501 e. The van der Waals surface area contributed by atoms with Crippen LogP contribution in [0.4, 0.5) is 5.69 Å². The quantitative estimate of drug-likeness (QED) is 0.403. The van der Waals surface area contributed by atoms with Crippen LogP contribution in [0.1, 0.15) is 64.4 Å². The Morgan fingerprint density at radius 1 is 1.28 bits per heavy atom. The molecule has 0 spiro atoms. The highest BCUT2D eigenvalue weighted by atomic mass is 16.5. The van der Waals surface area contributed by atoms with Gasteiger partial charge in [0, 0.05) is 36.7 Å². The molecule has 0 saturated carbocycles. The van der Waals surface area contributed by atoms with E-state index in [0.29, 0.717) is 12.1 Å². The Hall–Kier alpha value is -4.72. The van der Waals surface area contributed by atoms with Crippen molar-refractivity contribution >= 4 is 11.6 Å². The Morgan fingerprint density at radius 3 is 2.67 bits per heavy atom. The molecule has 1 aromatic carbocycles. The summed E-state index contributed by atoms with van der Waals surface area (Å²) < 4.78 is 7.78. The van der Waals surface area contributed by atoms with Gasteiger partial charge in [-0.05, 0) is 25.5 Å². The zero-order valence-corrected chi connectivity index (χ0v) is 20.3. The van der Waals surface area contributed by atoms with Gasteiger partial charge in [0.25, 0.3) is 11.5 Å². The van der Waals surface area contributed by atoms with Crippen LogP contribution in [-0.4, -0.2) is 35.5 Å². The summed E-state index contributed by atoms with van der Waals surface area (Å²) in [7, 11) is 1.48. The average molecular weight is 488 g/mol. The molecule has 0 radical (unpaired) electrons. The Labute approximate surface area is 206 Å². The molecule has 0 bridgehead atoms. The molecule has 0 aliphatic rings. The third kappa shape index (κ3) is 4.24. The van der Waals surface area contributed by atoms with Crippen molar-refractivity contribution in [1.82, 2.24) is 24.5 Å². The van der Waals surface area contributed by atoms with Crippen molar-refractivity contribution in [3.05, 3.63) is 87.2 Å². The summed E-state index contributed by atoms with van der Waals surface area (Å²) in [4.78, 5) is 30.3. The normalized spacial score (nSPS) is 12.6. The molecule has 3 aromatic heterocycles. The lowest BCUT2D eigenvalue weighted by atomic mass is 9.79. The molecule has 1 amide bonds. The molecule has 0 aliphatic heterocycles. The molecular weight excluding hydrogens is 462 g/mol. The predicted octanol–water partition coefficient (Wildman–Crippen LogP) is 3.06. The molecule has 2 N–H and O–H groups in total. The van der Waals surface area contributed by atoms with E-state index >= 15 is 0 Å². The summed E-state index contributed by atoms with van der Waals surface area (Å²) in [5, 5.41) is 30.8. The van der Waals surface area contributed by atoms with Crippen molar-refractivity contribution < 1.29 is 14.4 Å².